The summed E-state index contributed by atoms with van der Waals surface area (Å²) in [5, 5.41) is 4.68. The van der Waals surface area contributed by atoms with Gasteiger partial charge in [-0.3, -0.25) is 4.98 Å². The fourth-order valence-electron chi connectivity index (χ4n) is 4.23. The highest BCUT2D eigenvalue weighted by Gasteiger charge is 2.13. The number of nitrogens with zero attached hydrogens (tertiary/aromatic N) is 2. The van der Waals surface area contributed by atoms with Gasteiger partial charge in [-0.15, -0.1) is 0 Å². The number of hydrogen-bond donors (Lipinski definition) is 0. The Kier molecular flexibility index (Phi) is 5.35. The molecule has 1 heterocycles. The largest absolute Gasteiger partial charge is 0.252 e. The number of rotatable bonds is 2. The molecule has 0 atom stereocenters. The van der Waals surface area contributed by atoms with Gasteiger partial charge in [-0.05, 0) is 28.0 Å². The van der Waals surface area contributed by atoms with E-state index in [2.05, 4.69) is 78.9 Å². The summed E-state index contributed by atoms with van der Waals surface area (Å²) in [6, 6.07) is 35.9. The van der Waals surface area contributed by atoms with Crippen LogP contribution >= 0.6 is 0 Å². The van der Waals surface area contributed by atoms with Gasteiger partial charge in [-0.1, -0.05) is 111 Å². The molecule has 1 aromatic heterocycles. The van der Waals surface area contributed by atoms with Crippen LogP contribution in [0.25, 0.3) is 55.0 Å². The first kappa shape index (κ1) is 19.9. The first-order valence-corrected chi connectivity index (χ1v) is 11.1. The molecule has 0 aliphatic rings. The van der Waals surface area contributed by atoms with Crippen LogP contribution in [0.2, 0.25) is 0 Å². The molecule has 0 bridgehead atoms. The summed E-state index contributed by atoms with van der Waals surface area (Å²) in [4.78, 5) is 9.92. The van der Waals surface area contributed by atoms with Crippen LogP contribution in [0.5, 0.6) is 0 Å². The van der Waals surface area contributed by atoms with Crippen molar-refractivity contribution in [2.75, 3.05) is 0 Å². The molecule has 0 saturated heterocycles. The van der Waals surface area contributed by atoms with Crippen molar-refractivity contribution in [1.29, 1.82) is 0 Å². The van der Waals surface area contributed by atoms with Gasteiger partial charge in [0.15, 0.2) is 0 Å². The summed E-state index contributed by atoms with van der Waals surface area (Å²) in [6.45, 7) is 4.00. The average Bonchev–Trinajstić information content (AvgIpc) is 2.90. The van der Waals surface area contributed by atoms with E-state index in [0.717, 1.165) is 33.1 Å². The van der Waals surface area contributed by atoms with E-state index < -0.39 is 0 Å². The van der Waals surface area contributed by atoms with Gasteiger partial charge in [-0.2, -0.15) is 0 Å². The molecule has 0 aliphatic heterocycles. The van der Waals surface area contributed by atoms with Crippen LogP contribution < -0.4 is 0 Å². The fraction of sp³-hybridized carbons (Fsp3) is 0.0667. The maximum Gasteiger partial charge on any atom is 0.0979 e. The molecule has 2 heteroatoms. The van der Waals surface area contributed by atoms with Gasteiger partial charge in [0.2, 0.25) is 0 Å². The molecule has 2 nitrogen and oxygen atoms in total. The van der Waals surface area contributed by atoms with E-state index >= 15 is 0 Å². The number of fused-ring (bicyclic) bond motifs is 6. The van der Waals surface area contributed by atoms with Crippen molar-refractivity contribution in [3.8, 4) is 22.4 Å². The molecular weight excluding hydrogens is 388 g/mol. The highest BCUT2D eigenvalue weighted by Crippen LogP contribution is 2.36. The van der Waals surface area contributed by atoms with Crippen LogP contribution in [0.15, 0.2) is 109 Å². The summed E-state index contributed by atoms with van der Waals surface area (Å²) in [5.74, 6) is 0. The van der Waals surface area contributed by atoms with Crippen molar-refractivity contribution in [3.05, 3.63) is 109 Å². The van der Waals surface area contributed by atoms with Crippen LogP contribution in [-0.2, 0) is 0 Å². The average molecular weight is 413 g/mol. The summed E-state index contributed by atoms with van der Waals surface area (Å²) in [5.41, 5.74) is 6.29. The lowest BCUT2D eigenvalue weighted by Gasteiger charge is -2.12. The summed E-state index contributed by atoms with van der Waals surface area (Å²) >= 11 is 0. The highest BCUT2D eigenvalue weighted by molar-refractivity contribution is 6.23. The molecule has 0 fully saturated rings. The van der Waals surface area contributed by atoms with Gasteiger partial charge in [0.25, 0.3) is 0 Å². The zero-order chi connectivity index (χ0) is 21.9. The normalized spacial score (nSPS) is 10.8. The van der Waals surface area contributed by atoms with Crippen molar-refractivity contribution in [1.82, 2.24) is 9.97 Å². The van der Waals surface area contributed by atoms with Crippen molar-refractivity contribution in [2.45, 2.75) is 13.8 Å². The second kappa shape index (κ2) is 8.60. The Labute approximate surface area is 188 Å². The monoisotopic (exact) mass is 412 g/mol. The molecule has 0 aliphatic carbocycles. The van der Waals surface area contributed by atoms with E-state index in [9.17, 15) is 0 Å². The summed E-state index contributed by atoms with van der Waals surface area (Å²) in [7, 11) is 0. The molecule has 154 valence electrons. The summed E-state index contributed by atoms with van der Waals surface area (Å²) < 4.78 is 0. The molecular formula is C30H24N2. The second-order valence-corrected chi connectivity index (χ2v) is 7.49. The molecule has 6 aromatic rings. The number of benzene rings is 5. The van der Waals surface area contributed by atoms with E-state index in [1.807, 2.05) is 44.3 Å². The van der Waals surface area contributed by atoms with Crippen molar-refractivity contribution in [3.63, 3.8) is 0 Å². The highest BCUT2D eigenvalue weighted by atomic mass is 14.8. The molecule has 0 unspecified atom stereocenters. The van der Waals surface area contributed by atoms with Crippen LogP contribution in [0, 0.1) is 0 Å². The Morgan fingerprint density at radius 3 is 1.78 bits per heavy atom. The standard InChI is InChI=1S/C28H18N2.C2H6/c1-3-9-19(10-4-1)21-15-16-24-25(17-21)22-13-7-8-14-23(22)27-28(24)30-26(18-29-27)20-11-5-2-6-12-20;1-2/h1-18H;1-2H3. The number of hydrogen-bond acceptors (Lipinski definition) is 2. The molecule has 0 amide bonds. The molecule has 5 aromatic carbocycles. The van der Waals surface area contributed by atoms with Crippen LogP contribution in [0.3, 0.4) is 0 Å². The fourth-order valence-corrected chi connectivity index (χ4v) is 4.23. The second-order valence-electron chi connectivity index (χ2n) is 7.49. The van der Waals surface area contributed by atoms with Crippen LogP contribution in [-0.4, -0.2) is 9.97 Å². The Hall–Kier alpha value is -4.04. The van der Waals surface area contributed by atoms with Crippen LogP contribution in [0.4, 0.5) is 0 Å². The Bertz CT molecular complexity index is 1450. The quantitative estimate of drug-likeness (QED) is 0.267. The molecule has 0 saturated carbocycles. The lowest BCUT2D eigenvalue weighted by atomic mass is 9.95. The van der Waals surface area contributed by atoms with Crippen molar-refractivity contribution in [2.24, 2.45) is 0 Å². The lowest BCUT2D eigenvalue weighted by molar-refractivity contribution is 1.31. The van der Waals surface area contributed by atoms with Crippen molar-refractivity contribution >= 4 is 32.6 Å². The minimum atomic E-state index is 0.895. The third-order valence-electron chi connectivity index (χ3n) is 5.70. The third kappa shape index (κ3) is 3.40. The van der Waals surface area contributed by atoms with Crippen molar-refractivity contribution < 1.29 is 0 Å². The Morgan fingerprint density at radius 1 is 0.469 bits per heavy atom. The van der Waals surface area contributed by atoms with Gasteiger partial charge < -0.3 is 0 Å². The SMILES string of the molecule is CC.c1ccc(-c2ccc3c(c2)c2ccccc2c2ncc(-c4ccccc4)nc32)cc1. The lowest BCUT2D eigenvalue weighted by Crippen LogP contribution is -1.92. The van der Waals surface area contributed by atoms with E-state index in [1.54, 1.807) is 0 Å². The third-order valence-corrected chi connectivity index (χ3v) is 5.70. The zero-order valence-corrected chi connectivity index (χ0v) is 18.3. The van der Waals surface area contributed by atoms with Gasteiger partial charge in [-0.25, -0.2) is 4.98 Å². The predicted molar refractivity (Wildman–Crippen MR) is 137 cm³/mol. The zero-order valence-electron chi connectivity index (χ0n) is 18.3. The van der Waals surface area contributed by atoms with Crippen LogP contribution in [0.1, 0.15) is 13.8 Å². The Balaban J connectivity index is 0.00000105. The maximum atomic E-state index is 5.06. The van der Waals surface area contributed by atoms with E-state index in [1.165, 1.54) is 21.9 Å². The molecule has 0 N–H and O–H groups in total. The summed E-state index contributed by atoms with van der Waals surface area (Å²) in [6.07, 6.45) is 1.88. The Morgan fingerprint density at radius 2 is 1.06 bits per heavy atom. The minimum absolute atomic E-state index is 0.895. The molecule has 6 rings (SSSR count). The van der Waals surface area contributed by atoms with Gasteiger partial charge in [0.05, 0.1) is 22.9 Å². The minimum Gasteiger partial charge on any atom is -0.252 e. The first-order chi connectivity index (χ1) is 15.9. The molecule has 32 heavy (non-hydrogen) atoms. The van der Waals surface area contributed by atoms with Gasteiger partial charge in [0.1, 0.15) is 0 Å². The van der Waals surface area contributed by atoms with E-state index in [4.69, 9.17) is 9.97 Å². The van der Waals surface area contributed by atoms with Gasteiger partial charge in [0, 0.05) is 16.3 Å². The maximum absolute atomic E-state index is 5.06. The molecule has 0 spiro atoms. The number of aromatic nitrogens is 2. The van der Waals surface area contributed by atoms with E-state index in [-0.39, 0.29) is 0 Å². The van der Waals surface area contributed by atoms with E-state index in [0.29, 0.717) is 0 Å². The van der Waals surface area contributed by atoms with Gasteiger partial charge >= 0.3 is 0 Å². The predicted octanol–water partition coefficient (Wildman–Crippen LogP) is 8.30. The molecule has 0 radical (unpaired) electrons. The first-order valence-electron chi connectivity index (χ1n) is 11.1. The smallest absolute Gasteiger partial charge is 0.0979 e. The topological polar surface area (TPSA) is 25.8 Å².